The number of nitriles is 1. The van der Waals surface area contributed by atoms with Crippen LogP contribution in [0.4, 0.5) is 0 Å². The van der Waals surface area contributed by atoms with Gasteiger partial charge >= 0.3 is 0 Å². The van der Waals surface area contributed by atoms with Crippen LogP contribution in [0.3, 0.4) is 0 Å². The summed E-state index contributed by atoms with van der Waals surface area (Å²) in [4.78, 5) is 8.80. The highest BCUT2D eigenvalue weighted by molar-refractivity contribution is 6.30. The third-order valence-corrected chi connectivity index (χ3v) is 3.19. The zero-order valence-electron chi connectivity index (χ0n) is 10.1. The van der Waals surface area contributed by atoms with Gasteiger partial charge in [0.1, 0.15) is 5.69 Å². The normalized spacial score (nSPS) is 10.6. The number of aromatic nitrogens is 3. The molecule has 0 bridgehead atoms. The molecule has 0 amide bonds. The molecule has 0 aliphatic heterocycles. The first kappa shape index (κ1) is 11.7. The lowest BCUT2D eigenvalue weighted by Gasteiger charge is -2.01. The summed E-state index contributed by atoms with van der Waals surface area (Å²) in [6, 6.07) is 11.2. The second-order valence-electron chi connectivity index (χ2n) is 4.17. The van der Waals surface area contributed by atoms with Gasteiger partial charge in [0.15, 0.2) is 5.82 Å². The van der Waals surface area contributed by atoms with Crippen molar-refractivity contribution in [1.82, 2.24) is 14.5 Å². The smallest absolute Gasteiger partial charge is 0.159 e. The molecule has 19 heavy (non-hydrogen) atoms. The highest BCUT2D eigenvalue weighted by Gasteiger charge is 2.11. The third kappa shape index (κ3) is 1.94. The van der Waals surface area contributed by atoms with E-state index in [0.29, 0.717) is 10.6 Å². The summed E-state index contributed by atoms with van der Waals surface area (Å²) in [7, 11) is 1.90. The van der Waals surface area contributed by atoms with Crippen molar-refractivity contribution in [2.45, 2.75) is 0 Å². The van der Waals surface area contributed by atoms with Crippen molar-refractivity contribution in [2.75, 3.05) is 0 Å². The molecule has 0 aliphatic carbocycles. The van der Waals surface area contributed by atoms with Crippen molar-refractivity contribution >= 4 is 22.6 Å². The number of hydrogen-bond acceptors (Lipinski definition) is 3. The van der Waals surface area contributed by atoms with Crippen molar-refractivity contribution in [1.29, 1.82) is 5.26 Å². The van der Waals surface area contributed by atoms with E-state index in [1.807, 2.05) is 29.8 Å². The van der Waals surface area contributed by atoms with Crippen molar-refractivity contribution in [3.63, 3.8) is 0 Å². The van der Waals surface area contributed by atoms with Crippen LogP contribution in [0.2, 0.25) is 5.02 Å². The summed E-state index contributed by atoms with van der Waals surface area (Å²) in [5.74, 6) is 0.752. The van der Waals surface area contributed by atoms with Crippen LogP contribution in [0.1, 0.15) is 5.56 Å². The number of aryl methyl sites for hydroxylation is 1. The molecule has 3 rings (SSSR count). The number of hydrogen-bond donors (Lipinski definition) is 0. The Balaban J connectivity index is 2.23. The Morgan fingerprint density at radius 3 is 2.79 bits per heavy atom. The molecule has 0 spiro atoms. The van der Waals surface area contributed by atoms with Crippen LogP contribution in [0, 0.1) is 11.3 Å². The fourth-order valence-corrected chi connectivity index (χ4v) is 2.11. The first-order valence-corrected chi connectivity index (χ1v) is 6.05. The van der Waals surface area contributed by atoms with E-state index in [-0.39, 0.29) is 0 Å². The standard InChI is InChI=1S/C14H9ClN4/c1-19-13-6-9(7-16)2-4-11(13)18-14(19)12-5-3-10(15)8-17-12/h2-6,8H,1H3. The third-order valence-electron chi connectivity index (χ3n) is 2.97. The van der Waals surface area contributed by atoms with E-state index in [9.17, 15) is 0 Å². The van der Waals surface area contributed by atoms with Gasteiger partial charge in [-0.3, -0.25) is 4.98 Å². The van der Waals surface area contributed by atoms with Crippen LogP contribution in [0.5, 0.6) is 0 Å². The average Bonchev–Trinajstić information content (AvgIpc) is 2.76. The first-order valence-electron chi connectivity index (χ1n) is 5.67. The van der Waals surface area contributed by atoms with E-state index >= 15 is 0 Å². The lowest BCUT2D eigenvalue weighted by molar-refractivity contribution is 0.950. The summed E-state index contributed by atoms with van der Waals surface area (Å²) in [5.41, 5.74) is 3.12. The van der Waals surface area contributed by atoms with E-state index in [0.717, 1.165) is 22.6 Å². The molecular weight excluding hydrogens is 260 g/mol. The number of pyridine rings is 1. The Morgan fingerprint density at radius 1 is 1.26 bits per heavy atom. The molecule has 0 saturated heterocycles. The molecule has 0 atom stereocenters. The van der Waals surface area contributed by atoms with E-state index in [1.165, 1.54) is 0 Å². The number of benzene rings is 1. The zero-order chi connectivity index (χ0) is 13.4. The van der Waals surface area contributed by atoms with Gasteiger partial charge in [-0.05, 0) is 30.3 Å². The van der Waals surface area contributed by atoms with Crippen LogP contribution in [-0.2, 0) is 7.05 Å². The van der Waals surface area contributed by atoms with Crippen LogP contribution in [0.25, 0.3) is 22.6 Å². The highest BCUT2D eigenvalue weighted by atomic mass is 35.5. The molecule has 0 radical (unpaired) electrons. The Kier molecular flexibility index (Phi) is 2.69. The number of halogens is 1. The van der Waals surface area contributed by atoms with Crippen LogP contribution in [0.15, 0.2) is 36.5 Å². The summed E-state index contributed by atoms with van der Waals surface area (Å²) in [6.45, 7) is 0. The predicted molar refractivity (Wildman–Crippen MR) is 73.7 cm³/mol. The number of nitrogens with zero attached hydrogens (tertiary/aromatic N) is 4. The van der Waals surface area contributed by atoms with Gasteiger partial charge in [-0.15, -0.1) is 0 Å². The quantitative estimate of drug-likeness (QED) is 0.681. The molecule has 3 aromatic rings. The van der Waals surface area contributed by atoms with Gasteiger partial charge in [-0.2, -0.15) is 5.26 Å². The van der Waals surface area contributed by atoms with Gasteiger partial charge in [0, 0.05) is 13.2 Å². The summed E-state index contributed by atoms with van der Waals surface area (Å²) in [5, 5.41) is 9.53. The molecule has 92 valence electrons. The van der Waals surface area contributed by atoms with Crippen LogP contribution >= 0.6 is 11.6 Å². The molecule has 1 aromatic carbocycles. The van der Waals surface area contributed by atoms with E-state index in [4.69, 9.17) is 16.9 Å². The molecular formula is C14H9ClN4. The summed E-state index contributed by atoms with van der Waals surface area (Å²) >= 11 is 5.83. The van der Waals surface area contributed by atoms with E-state index < -0.39 is 0 Å². The molecule has 0 N–H and O–H groups in total. The predicted octanol–water partition coefficient (Wildman–Crippen LogP) is 3.16. The zero-order valence-corrected chi connectivity index (χ0v) is 10.9. The molecule has 0 aliphatic rings. The number of imidazole rings is 1. The van der Waals surface area contributed by atoms with Gasteiger partial charge in [0.05, 0.1) is 27.7 Å². The summed E-state index contributed by atoms with van der Waals surface area (Å²) < 4.78 is 1.92. The minimum Gasteiger partial charge on any atom is -0.326 e. The fraction of sp³-hybridized carbons (Fsp3) is 0.0714. The molecule has 0 fully saturated rings. The Hall–Kier alpha value is -2.38. The maximum Gasteiger partial charge on any atom is 0.159 e. The molecule has 2 heterocycles. The fourth-order valence-electron chi connectivity index (χ4n) is 2.00. The Labute approximate surface area is 114 Å². The summed E-state index contributed by atoms with van der Waals surface area (Å²) in [6.07, 6.45) is 1.59. The largest absolute Gasteiger partial charge is 0.326 e. The number of fused-ring (bicyclic) bond motifs is 1. The van der Waals surface area contributed by atoms with E-state index in [2.05, 4.69) is 16.0 Å². The van der Waals surface area contributed by atoms with Crippen molar-refractivity contribution in [3.8, 4) is 17.6 Å². The van der Waals surface area contributed by atoms with Gasteiger partial charge < -0.3 is 4.57 Å². The maximum atomic E-state index is 8.94. The minimum atomic E-state index is 0.592. The lowest BCUT2D eigenvalue weighted by atomic mass is 10.2. The van der Waals surface area contributed by atoms with Gasteiger partial charge in [-0.25, -0.2) is 4.98 Å². The number of rotatable bonds is 1. The topological polar surface area (TPSA) is 54.5 Å². The van der Waals surface area contributed by atoms with Gasteiger partial charge in [0.25, 0.3) is 0 Å². The van der Waals surface area contributed by atoms with Crippen molar-refractivity contribution in [2.24, 2.45) is 7.05 Å². The van der Waals surface area contributed by atoms with E-state index in [1.54, 1.807) is 18.3 Å². The molecule has 4 nitrogen and oxygen atoms in total. The SMILES string of the molecule is Cn1c(-c2ccc(Cl)cn2)nc2ccc(C#N)cc21. The van der Waals surface area contributed by atoms with Crippen molar-refractivity contribution < 1.29 is 0 Å². The second-order valence-corrected chi connectivity index (χ2v) is 4.61. The molecule has 0 unspecified atom stereocenters. The molecule has 0 saturated carbocycles. The lowest BCUT2D eigenvalue weighted by Crippen LogP contribution is -1.94. The average molecular weight is 269 g/mol. The van der Waals surface area contributed by atoms with Gasteiger partial charge in [-0.1, -0.05) is 11.6 Å². The Morgan fingerprint density at radius 2 is 2.11 bits per heavy atom. The Bertz CT molecular complexity index is 797. The van der Waals surface area contributed by atoms with Crippen molar-refractivity contribution in [3.05, 3.63) is 47.1 Å². The first-order chi connectivity index (χ1) is 9.19. The van der Waals surface area contributed by atoms with Crippen LogP contribution < -0.4 is 0 Å². The van der Waals surface area contributed by atoms with Crippen LogP contribution in [-0.4, -0.2) is 14.5 Å². The highest BCUT2D eigenvalue weighted by Crippen LogP contribution is 2.23. The minimum absolute atomic E-state index is 0.592. The van der Waals surface area contributed by atoms with Gasteiger partial charge in [0.2, 0.25) is 0 Å². The second kappa shape index (κ2) is 4.38. The molecule has 2 aromatic heterocycles. The molecule has 5 heteroatoms. The maximum absolute atomic E-state index is 8.94. The monoisotopic (exact) mass is 268 g/mol.